The van der Waals surface area contributed by atoms with Gasteiger partial charge in [-0.05, 0) is 37.6 Å². The number of benzene rings is 1. The van der Waals surface area contributed by atoms with Gasteiger partial charge >= 0.3 is 0 Å². The van der Waals surface area contributed by atoms with Crippen LogP contribution in [0.1, 0.15) is 15.3 Å². The Hall–Kier alpha value is -1.81. The first-order valence-corrected chi connectivity index (χ1v) is 6.78. The molecule has 0 aliphatic rings. The number of thiophene rings is 1. The minimum Gasteiger partial charge on any atom is -0.351 e. The zero-order valence-corrected chi connectivity index (χ0v) is 11.3. The molecule has 0 amide bonds. The lowest BCUT2D eigenvalue weighted by molar-refractivity contribution is 1.12. The molecule has 18 heavy (non-hydrogen) atoms. The molecule has 0 saturated carbocycles. The standard InChI is InChI=1S/C14H15N3S/c1-9-7-11(18-10(9)2)8-15-14-16-12-5-3-4-6-13(12)17-14/h3-7H,8H2,1-2H3,(H2,15,16,17). The molecule has 2 heterocycles. The predicted octanol–water partition coefficient (Wildman–Crippen LogP) is 3.85. The Morgan fingerprint density at radius 2 is 2.11 bits per heavy atom. The Morgan fingerprint density at radius 1 is 1.28 bits per heavy atom. The number of fused-ring (bicyclic) bond motifs is 1. The van der Waals surface area contributed by atoms with Crippen molar-refractivity contribution < 1.29 is 0 Å². The van der Waals surface area contributed by atoms with Gasteiger partial charge in [0.05, 0.1) is 17.6 Å². The summed E-state index contributed by atoms with van der Waals surface area (Å²) in [5.41, 5.74) is 3.43. The molecule has 0 aliphatic heterocycles. The van der Waals surface area contributed by atoms with Crippen molar-refractivity contribution in [1.82, 2.24) is 9.97 Å². The molecule has 0 radical (unpaired) electrons. The van der Waals surface area contributed by atoms with Crippen molar-refractivity contribution in [2.24, 2.45) is 0 Å². The fourth-order valence-electron chi connectivity index (χ4n) is 1.94. The summed E-state index contributed by atoms with van der Waals surface area (Å²) in [7, 11) is 0. The van der Waals surface area contributed by atoms with Crippen LogP contribution in [0.15, 0.2) is 30.3 Å². The van der Waals surface area contributed by atoms with Crippen LogP contribution < -0.4 is 5.32 Å². The Balaban J connectivity index is 1.76. The van der Waals surface area contributed by atoms with Crippen LogP contribution in [-0.4, -0.2) is 9.97 Å². The van der Waals surface area contributed by atoms with E-state index < -0.39 is 0 Å². The van der Waals surface area contributed by atoms with Gasteiger partial charge in [-0.2, -0.15) is 0 Å². The molecule has 1 aromatic carbocycles. The van der Waals surface area contributed by atoms with Crippen LogP contribution in [0, 0.1) is 13.8 Å². The molecule has 0 bridgehead atoms. The molecule has 0 atom stereocenters. The average Bonchev–Trinajstić information content (AvgIpc) is 2.91. The first kappa shape index (κ1) is 11.3. The fourth-order valence-corrected chi connectivity index (χ4v) is 2.94. The van der Waals surface area contributed by atoms with Crippen molar-refractivity contribution >= 4 is 28.3 Å². The number of nitrogens with zero attached hydrogens (tertiary/aromatic N) is 1. The van der Waals surface area contributed by atoms with Crippen molar-refractivity contribution in [3.8, 4) is 0 Å². The third kappa shape index (κ3) is 2.11. The zero-order chi connectivity index (χ0) is 12.5. The van der Waals surface area contributed by atoms with Gasteiger partial charge in [0.1, 0.15) is 0 Å². The molecule has 4 heteroatoms. The molecule has 92 valence electrons. The van der Waals surface area contributed by atoms with Gasteiger partial charge in [-0.15, -0.1) is 11.3 Å². The first-order valence-electron chi connectivity index (χ1n) is 5.97. The summed E-state index contributed by atoms with van der Waals surface area (Å²) in [5, 5.41) is 3.33. The monoisotopic (exact) mass is 257 g/mol. The molecule has 0 unspecified atom stereocenters. The van der Waals surface area contributed by atoms with E-state index in [-0.39, 0.29) is 0 Å². The van der Waals surface area contributed by atoms with Crippen molar-refractivity contribution in [2.75, 3.05) is 5.32 Å². The number of hydrogen-bond acceptors (Lipinski definition) is 3. The summed E-state index contributed by atoms with van der Waals surface area (Å²) in [6.07, 6.45) is 0. The van der Waals surface area contributed by atoms with E-state index in [0.29, 0.717) is 0 Å². The lowest BCUT2D eigenvalue weighted by atomic mass is 10.3. The highest BCUT2D eigenvalue weighted by Gasteiger charge is 2.04. The van der Waals surface area contributed by atoms with E-state index in [1.54, 1.807) is 0 Å². The maximum atomic E-state index is 4.49. The van der Waals surface area contributed by atoms with E-state index in [1.165, 1.54) is 15.3 Å². The van der Waals surface area contributed by atoms with Crippen LogP contribution in [0.4, 0.5) is 5.95 Å². The van der Waals surface area contributed by atoms with Gasteiger partial charge in [0.25, 0.3) is 0 Å². The lowest BCUT2D eigenvalue weighted by Gasteiger charge is -1.98. The average molecular weight is 257 g/mol. The molecule has 3 aromatic rings. The number of H-pyrrole nitrogens is 1. The zero-order valence-electron chi connectivity index (χ0n) is 10.4. The second-order valence-corrected chi connectivity index (χ2v) is 5.75. The molecular formula is C14H15N3S. The minimum atomic E-state index is 0.819. The summed E-state index contributed by atoms with van der Waals surface area (Å²) in [6, 6.07) is 10.3. The van der Waals surface area contributed by atoms with E-state index in [0.717, 1.165) is 23.5 Å². The van der Waals surface area contributed by atoms with Crippen molar-refractivity contribution in [3.05, 3.63) is 45.6 Å². The summed E-state index contributed by atoms with van der Waals surface area (Å²) < 4.78 is 0. The Labute approximate surface area is 110 Å². The van der Waals surface area contributed by atoms with Crippen LogP contribution >= 0.6 is 11.3 Å². The number of imidazole rings is 1. The number of aromatic nitrogens is 2. The number of aromatic amines is 1. The molecule has 0 spiro atoms. The molecular weight excluding hydrogens is 242 g/mol. The Morgan fingerprint density at radius 3 is 2.83 bits per heavy atom. The third-order valence-electron chi connectivity index (χ3n) is 3.04. The van der Waals surface area contributed by atoms with Crippen LogP contribution in [0.25, 0.3) is 11.0 Å². The summed E-state index contributed by atoms with van der Waals surface area (Å²) in [5.74, 6) is 0.833. The molecule has 3 rings (SSSR count). The molecule has 3 nitrogen and oxygen atoms in total. The molecule has 0 saturated heterocycles. The highest BCUT2D eigenvalue weighted by atomic mass is 32.1. The molecule has 0 aliphatic carbocycles. The topological polar surface area (TPSA) is 40.7 Å². The maximum Gasteiger partial charge on any atom is 0.201 e. The van der Waals surface area contributed by atoms with Crippen molar-refractivity contribution in [3.63, 3.8) is 0 Å². The summed E-state index contributed by atoms with van der Waals surface area (Å²) in [6.45, 7) is 5.13. The van der Waals surface area contributed by atoms with E-state index in [4.69, 9.17) is 0 Å². The first-order chi connectivity index (χ1) is 8.72. The van der Waals surface area contributed by atoms with Gasteiger partial charge in [-0.25, -0.2) is 4.98 Å². The largest absolute Gasteiger partial charge is 0.351 e. The quantitative estimate of drug-likeness (QED) is 0.748. The van der Waals surface area contributed by atoms with E-state index in [2.05, 4.69) is 35.2 Å². The number of hydrogen-bond donors (Lipinski definition) is 2. The number of anilines is 1. The van der Waals surface area contributed by atoms with Gasteiger partial charge in [-0.1, -0.05) is 12.1 Å². The van der Waals surface area contributed by atoms with Gasteiger partial charge in [0.2, 0.25) is 5.95 Å². The number of nitrogens with one attached hydrogen (secondary N) is 2. The van der Waals surface area contributed by atoms with Crippen LogP contribution in [0.3, 0.4) is 0 Å². The van der Waals surface area contributed by atoms with Crippen LogP contribution in [0.2, 0.25) is 0 Å². The second kappa shape index (κ2) is 4.46. The van der Waals surface area contributed by atoms with E-state index >= 15 is 0 Å². The smallest absolute Gasteiger partial charge is 0.201 e. The normalized spacial score (nSPS) is 11.0. The van der Waals surface area contributed by atoms with Crippen LogP contribution in [0.5, 0.6) is 0 Å². The number of rotatable bonds is 3. The van der Waals surface area contributed by atoms with E-state index in [9.17, 15) is 0 Å². The fraction of sp³-hybridized carbons (Fsp3) is 0.214. The second-order valence-electron chi connectivity index (χ2n) is 4.41. The molecule has 0 fully saturated rings. The van der Waals surface area contributed by atoms with Crippen molar-refractivity contribution in [1.29, 1.82) is 0 Å². The molecule has 2 aromatic heterocycles. The minimum absolute atomic E-state index is 0.819. The summed E-state index contributed by atoms with van der Waals surface area (Å²) >= 11 is 1.84. The Kier molecular flexibility index (Phi) is 2.80. The SMILES string of the molecule is Cc1cc(CNc2nc3ccccc3[nH]2)sc1C. The van der Waals surface area contributed by atoms with Gasteiger partial charge < -0.3 is 10.3 Å². The van der Waals surface area contributed by atoms with Crippen molar-refractivity contribution in [2.45, 2.75) is 20.4 Å². The Bertz CT molecular complexity index is 629. The summed E-state index contributed by atoms with van der Waals surface area (Å²) in [4.78, 5) is 10.5. The highest BCUT2D eigenvalue weighted by molar-refractivity contribution is 7.12. The predicted molar refractivity (Wildman–Crippen MR) is 77.2 cm³/mol. The lowest BCUT2D eigenvalue weighted by Crippen LogP contribution is -1.98. The van der Waals surface area contributed by atoms with Gasteiger partial charge in [0.15, 0.2) is 0 Å². The highest BCUT2D eigenvalue weighted by Crippen LogP contribution is 2.21. The van der Waals surface area contributed by atoms with Gasteiger partial charge in [0, 0.05) is 9.75 Å². The number of aryl methyl sites for hydroxylation is 2. The maximum absolute atomic E-state index is 4.49. The van der Waals surface area contributed by atoms with Crippen LogP contribution in [-0.2, 0) is 6.54 Å². The third-order valence-corrected chi connectivity index (χ3v) is 4.19. The van der Waals surface area contributed by atoms with E-state index in [1.807, 2.05) is 35.6 Å². The number of para-hydroxylation sites is 2. The van der Waals surface area contributed by atoms with Gasteiger partial charge in [-0.3, -0.25) is 0 Å². The molecule has 2 N–H and O–H groups in total.